The number of nitrogens with zero attached hydrogens (tertiary/aromatic N) is 4. The predicted octanol–water partition coefficient (Wildman–Crippen LogP) is -0.403. The van der Waals surface area contributed by atoms with Crippen LogP contribution in [0.2, 0.25) is 0 Å². The summed E-state index contributed by atoms with van der Waals surface area (Å²) in [5.41, 5.74) is 0.584. The summed E-state index contributed by atoms with van der Waals surface area (Å²) in [6, 6.07) is 0. The Labute approximate surface area is 123 Å². The van der Waals surface area contributed by atoms with Crippen molar-refractivity contribution < 1.29 is 14.3 Å². The van der Waals surface area contributed by atoms with Gasteiger partial charge < -0.3 is 14.5 Å². The fourth-order valence-electron chi connectivity index (χ4n) is 3.23. The highest BCUT2D eigenvalue weighted by atomic mass is 16.5. The van der Waals surface area contributed by atoms with Crippen LogP contribution in [0.15, 0.2) is 12.4 Å². The van der Waals surface area contributed by atoms with Gasteiger partial charge in [-0.05, 0) is 0 Å². The lowest BCUT2D eigenvalue weighted by atomic mass is 10.0. The molecule has 0 unspecified atom stereocenters. The Hall–Kier alpha value is -1.89. The van der Waals surface area contributed by atoms with Crippen molar-refractivity contribution in [3.05, 3.63) is 18.0 Å². The maximum atomic E-state index is 12.4. The van der Waals surface area contributed by atoms with Crippen LogP contribution >= 0.6 is 0 Å². The van der Waals surface area contributed by atoms with E-state index in [-0.39, 0.29) is 23.7 Å². The van der Waals surface area contributed by atoms with Crippen LogP contribution in [0.25, 0.3) is 0 Å². The minimum atomic E-state index is -0.0533. The molecule has 0 spiro atoms. The van der Waals surface area contributed by atoms with E-state index in [9.17, 15) is 9.59 Å². The van der Waals surface area contributed by atoms with E-state index in [1.54, 1.807) is 36.1 Å². The molecule has 0 aromatic carbocycles. The monoisotopic (exact) mass is 292 g/mol. The quantitative estimate of drug-likeness (QED) is 0.757. The van der Waals surface area contributed by atoms with Crippen molar-refractivity contribution in [3.63, 3.8) is 0 Å². The predicted molar refractivity (Wildman–Crippen MR) is 74.5 cm³/mol. The third-order valence-electron chi connectivity index (χ3n) is 4.33. The molecule has 0 radical (unpaired) electrons. The summed E-state index contributed by atoms with van der Waals surface area (Å²) in [5.74, 6) is 0.310. The first-order valence-corrected chi connectivity index (χ1v) is 7.16. The smallest absolute Gasteiger partial charge is 0.257 e. The number of rotatable bonds is 4. The molecule has 3 rings (SSSR count). The zero-order valence-electron chi connectivity index (χ0n) is 12.4. The van der Waals surface area contributed by atoms with Crippen molar-refractivity contribution in [2.24, 2.45) is 18.9 Å². The Morgan fingerprint density at radius 3 is 2.86 bits per heavy atom. The van der Waals surface area contributed by atoms with E-state index < -0.39 is 0 Å². The SMILES string of the molecule is COCCN1C[C@@H]2CN(C(=O)c3cnn(C)c3)C[C@H]2C1=O. The fourth-order valence-corrected chi connectivity index (χ4v) is 3.23. The van der Waals surface area contributed by atoms with Crippen LogP contribution in [0.1, 0.15) is 10.4 Å². The Morgan fingerprint density at radius 1 is 1.43 bits per heavy atom. The molecule has 1 aromatic heterocycles. The molecule has 2 saturated heterocycles. The first-order valence-electron chi connectivity index (χ1n) is 7.16. The number of aryl methyl sites for hydroxylation is 1. The van der Waals surface area contributed by atoms with Crippen LogP contribution in [0.4, 0.5) is 0 Å². The molecule has 2 aliphatic rings. The molecule has 2 atom stereocenters. The minimum absolute atomic E-state index is 0.0336. The Balaban J connectivity index is 1.63. The number of hydrogen-bond donors (Lipinski definition) is 0. The van der Waals surface area contributed by atoms with E-state index >= 15 is 0 Å². The second kappa shape index (κ2) is 5.48. The largest absolute Gasteiger partial charge is 0.383 e. The van der Waals surface area contributed by atoms with E-state index in [2.05, 4.69) is 5.10 Å². The van der Waals surface area contributed by atoms with Gasteiger partial charge in [-0.2, -0.15) is 5.10 Å². The first-order chi connectivity index (χ1) is 10.1. The molecule has 114 valence electrons. The number of fused-ring (bicyclic) bond motifs is 1. The molecule has 2 fully saturated rings. The Morgan fingerprint density at radius 2 is 2.24 bits per heavy atom. The molecule has 7 nitrogen and oxygen atoms in total. The number of carbonyl (C=O) groups is 2. The summed E-state index contributed by atoms with van der Waals surface area (Å²) in [4.78, 5) is 28.3. The van der Waals surface area contributed by atoms with Crippen molar-refractivity contribution in [2.75, 3.05) is 39.9 Å². The maximum Gasteiger partial charge on any atom is 0.257 e. The number of carbonyl (C=O) groups excluding carboxylic acids is 2. The molecule has 1 aromatic rings. The number of likely N-dealkylation sites (tertiary alicyclic amines) is 2. The molecule has 2 amide bonds. The summed E-state index contributed by atoms with van der Waals surface area (Å²) in [6.45, 7) is 3.08. The van der Waals surface area contributed by atoms with Crippen LogP contribution in [0.5, 0.6) is 0 Å². The standard InChI is InChI=1S/C14H20N4O3/c1-16-6-10(5-15-16)13(19)18-8-11-7-17(3-4-21-2)14(20)12(11)9-18/h5-6,11-12H,3-4,7-9H2,1-2H3/t11-,12-/m1/s1. The van der Waals surface area contributed by atoms with E-state index in [0.717, 1.165) is 6.54 Å². The lowest BCUT2D eigenvalue weighted by Crippen LogP contribution is -2.36. The van der Waals surface area contributed by atoms with Gasteiger partial charge in [0.25, 0.3) is 5.91 Å². The molecule has 0 aliphatic carbocycles. The van der Waals surface area contributed by atoms with E-state index in [0.29, 0.717) is 31.8 Å². The fraction of sp³-hybridized carbons (Fsp3) is 0.643. The summed E-state index contributed by atoms with van der Waals surface area (Å²) in [5, 5.41) is 4.02. The number of ether oxygens (including phenoxy) is 1. The third-order valence-corrected chi connectivity index (χ3v) is 4.33. The van der Waals surface area contributed by atoms with Gasteiger partial charge in [0.15, 0.2) is 0 Å². The molecule has 0 bridgehead atoms. The average Bonchev–Trinajstić information content (AvgIpc) is 3.13. The van der Waals surface area contributed by atoms with Crippen molar-refractivity contribution in [3.8, 4) is 0 Å². The highest BCUT2D eigenvalue weighted by Crippen LogP contribution is 2.32. The summed E-state index contributed by atoms with van der Waals surface area (Å²) in [7, 11) is 3.42. The second-order valence-corrected chi connectivity index (χ2v) is 5.76. The van der Waals surface area contributed by atoms with E-state index in [1.807, 2.05) is 4.90 Å². The summed E-state index contributed by atoms with van der Waals surface area (Å²) < 4.78 is 6.64. The van der Waals surface area contributed by atoms with Gasteiger partial charge in [-0.15, -0.1) is 0 Å². The number of aromatic nitrogens is 2. The van der Waals surface area contributed by atoms with Crippen molar-refractivity contribution in [1.29, 1.82) is 0 Å². The third kappa shape index (κ3) is 2.53. The van der Waals surface area contributed by atoms with E-state index in [1.165, 1.54) is 0 Å². The van der Waals surface area contributed by atoms with Crippen molar-refractivity contribution in [1.82, 2.24) is 19.6 Å². The van der Waals surface area contributed by atoms with Gasteiger partial charge in [0.2, 0.25) is 5.91 Å². The van der Waals surface area contributed by atoms with Crippen LogP contribution in [0.3, 0.4) is 0 Å². The van der Waals surface area contributed by atoms with E-state index in [4.69, 9.17) is 4.74 Å². The summed E-state index contributed by atoms with van der Waals surface area (Å²) in [6.07, 6.45) is 3.28. The maximum absolute atomic E-state index is 12.4. The van der Waals surface area contributed by atoms with Gasteiger partial charge in [0.1, 0.15) is 0 Å². The minimum Gasteiger partial charge on any atom is -0.383 e. The topological polar surface area (TPSA) is 67.7 Å². The molecular formula is C14H20N4O3. The first kappa shape index (κ1) is 14.1. The van der Waals surface area contributed by atoms with Gasteiger partial charge in [0.05, 0.1) is 24.3 Å². The van der Waals surface area contributed by atoms with Gasteiger partial charge in [0, 0.05) is 52.5 Å². The van der Waals surface area contributed by atoms with Gasteiger partial charge in [-0.3, -0.25) is 14.3 Å². The van der Waals surface area contributed by atoms with Gasteiger partial charge in [-0.25, -0.2) is 0 Å². The molecule has 0 saturated carbocycles. The van der Waals surface area contributed by atoms with Gasteiger partial charge >= 0.3 is 0 Å². The van der Waals surface area contributed by atoms with Crippen LogP contribution < -0.4 is 0 Å². The van der Waals surface area contributed by atoms with Crippen LogP contribution in [-0.4, -0.2) is 71.3 Å². The number of hydrogen-bond acceptors (Lipinski definition) is 4. The number of methoxy groups -OCH3 is 1. The highest BCUT2D eigenvalue weighted by Gasteiger charge is 2.47. The zero-order chi connectivity index (χ0) is 15.0. The highest BCUT2D eigenvalue weighted by molar-refractivity contribution is 5.95. The van der Waals surface area contributed by atoms with Crippen molar-refractivity contribution in [2.45, 2.75) is 0 Å². The van der Waals surface area contributed by atoms with Crippen LogP contribution in [-0.2, 0) is 16.6 Å². The average molecular weight is 292 g/mol. The number of amides is 2. The Bertz CT molecular complexity index is 556. The normalized spacial score (nSPS) is 24.8. The lowest BCUT2D eigenvalue weighted by molar-refractivity contribution is -0.131. The molecular weight excluding hydrogens is 272 g/mol. The molecule has 7 heteroatoms. The molecule has 0 N–H and O–H groups in total. The summed E-state index contributed by atoms with van der Waals surface area (Å²) >= 11 is 0. The zero-order valence-corrected chi connectivity index (χ0v) is 12.4. The molecule has 21 heavy (non-hydrogen) atoms. The molecule has 3 heterocycles. The van der Waals surface area contributed by atoms with Crippen molar-refractivity contribution >= 4 is 11.8 Å². The molecule has 2 aliphatic heterocycles. The second-order valence-electron chi connectivity index (χ2n) is 5.76. The Kier molecular flexibility index (Phi) is 3.67. The lowest BCUT2D eigenvalue weighted by Gasteiger charge is -2.21. The van der Waals surface area contributed by atoms with Crippen LogP contribution in [0, 0.1) is 11.8 Å². The van der Waals surface area contributed by atoms with Gasteiger partial charge in [-0.1, -0.05) is 0 Å².